The number of amides is 2. The molecule has 0 aliphatic carbocycles. The summed E-state index contributed by atoms with van der Waals surface area (Å²) in [5.41, 5.74) is 2.06. The van der Waals surface area contributed by atoms with Gasteiger partial charge in [0.05, 0.1) is 5.56 Å². The summed E-state index contributed by atoms with van der Waals surface area (Å²) in [6.07, 6.45) is 0. The van der Waals surface area contributed by atoms with Crippen LogP contribution in [0, 0.1) is 0 Å². The van der Waals surface area contributed by atoms with Gasteiger partial charge in [0.2, 0.25) is 0 Å². The Balaban J connectivity index is 1.62. The van der Waals surface area contributed by atoms with Crippen molar-refractivity contribution >= 4 is 29.1 Å². The molecule has 6 heteroatoms. The van der Waals surface area contributed by atoms with Gasteiger partial charge in [0, 0.05) is 24.3 Å². The lowest BCUT2D eigenvalue weighted by molar-refractivity contribution is -0.118. The highest BCUT2D eigenvalue weighted by atomic mass is 35.5. The highest BCUT2D eigenvalue weighted by molar-refractivity contribution is 6.30. The van der Waals surface area contributed by atoms with E-state index in [0.717, 1.165) is 5.56 Å². The average Bonchev–Trinajstić information content (AvgIpc) is 2.74. The zero-order chi connectivity index (χ0) is 20.6. The number of carbonyl (C=O) groups excluding carboxylic acids is 2. The molecule has 3 aromatic carbocycles. The predicted octanol–water partition coefficient (Wildman–Crippen LogP) is 4.63. The van der Waals surface area contributed by atoms with Crippen LogP contribution in [0.15, 0.2) is 78.9 Å². The third kappa shape index (κ3) is 5.83. The summed E-state index contributed by atoms with van der Waals surface area (Å²) < 4.78 is 5.63. The van der Waals surface area contributed by atoms with E-state index in [1.54, 1.807) is 60.5 Å². The molecule has 0 spiro atoms. The minimum Gasteiger partial charge on any atom is -0.483 e. The summed E-state index contributed by atoms with van der Waals surface area (Å²) in [4.78, 5) is 26.6. The Morgan fingerprint density at radius 3 is 2.31 bits per heavy atom. The lowest BCUT2D eigenvalue weighted by Crippen LogP contribution is -2.27. The Morgan fingerprint density at radius 2 is 1.59 bits per heavy atom. The number of ether oxygens (including phenoxy) is 1. The summed E-state index contributed by atoms with van der Waals surface area (Å²) >= 11 is 5.84. The van der Waals surface area contributed by atoms with Crippen molar-refractivity contribution < 1.29 is 14.3 Å². The van der Waals surface area contributed by atoms with Crippen molar-refractivity contribution in [2.75, 3.05) is 19.0 Å². The van der Waals surface area contributed by atoms with E-state index < -0.39 is 0 Å². The summed E-state index contributed by atoms with van der Waals surface area (Å²) in [5, 5.41) is 3.31. The van der Waals surface area contributed by atoms with Crippen LogP contribution in [0.25, 0.3) is 0 Å². The molecule has 0 fully saturated rings. The molecule has 0 radical (unpaired) electrons. The van der Waals surface area contributed by atoms with E-state index in [4.69, 9.17) is 16.3 Å². The van der Waals surface area contributed by atoms with E-state index in [1.807, 2.05) is 30.3 Å². The molecular formula is C23H21ClN2O3. The standard InChI is InChI=1S/C23H21ClN2O3/c1-26(15-17-7-3-2-4-8-17)23(28)20-9-5-6-10-21(20)29-16-22(27)25-19-13-11-18(24)12-14-19/h2-14H,15-16H2,1H3,(H,25,27). The predicted molar refractivity (Wildman–Crippen MR) is 114 cm³/mol. The third-order valence-electron chi connectivity index (χ3n) is 4.21. The van der Waals surface area contributed by atoms with Crippen LogP contribution in [-0.4, -0.2) is 30.4 Å². The molecule has 3 aromatic rings. The molecule has 0 saturated heterocycles. The van der Waals surface area contributed by atoms with Crippen molar-refractivity contribution in [2.45, 2.75) is 6.54 Å². The zero-order valence-corrected chi connectivity index (χ0v) is 16.7. The zero-order valence-electron chi connectivity index (χ0n) is 16.0. The number of anilines is 1. The van der Waals surface area contributed by atoms with E-state index in [-0.39, 0.29) is 18.4 Å². The molecule has 0 aromatic heterocycles. The molecule has 0 aliphatic heterocycles. The first-order valence-corrected chi connectivity index (χ1v) is 9.47. The molecule has 148 valence electrons. The van der Waals surface area contributed by atoms with E-state index in [1.165, 1.54) is 0 Å². The lowest BCUT2D eigenvalue weighted by atomic mass is 10.1. The molecule has 0 bridgehead atoms. The van der Waals surface area contributed by atoms with Gasteiger partial charge >= 0.3 is 0 Å². The molecule has 0 atom stereocenters. The van der Waals surface area contributed by atoms with Crippen molar-refractivity contribution in [3.63, 3.8) is 0 Å². The fourth-order valence-electron chi connectivity index (χ4n) is 2.78. The number of hydrogen-bond acceptors (Lipinski definition) is 3. The van der Waals surface area contributed by atoms with Gasteiger partial charge in [0.25, 0.3) is 11.8 Å². The maximum atomic E-state index is 12.9. The van der Waals surface area contributed by atoms with Gasteiger partial charge in [0.1, 0.15) is 5.75 Å². The third-order valence-corrected chi connectivity index (χ3v) is 4.47. The van der Waals surface area contributed by atoms with Gasteiger partial charge in [0.15, 0.2) is 6.61 Å². The molecule has 3 rings (SSSR count). The number of halogens is 1. The number of benzene rings is 3. The highest BCUT2D eigenvalue weighted by Crippen LogP contribution is 2.21. The van der Waals surface area contributed by atoms with Crippen molar-refractivity contribution in [3.8, 4) is 5.75 Å². The number of carbonyl (C=O) groups is 2. The van der Waals surface area contributed by atoms with Crippen molar-refractivity contribution in [1.82, 2.24) is 4.90 Å². The summed E-state index contributed by atoms with van der Waals surface area (Å²) in [6.45, 7) is 0.264. The van der Waals surface area contributed by atoms with Crippen LogP contribution in [0.4, 0.5) is 5.69 Å². The Labute approximate surface area is 174 Å². The number of hydrogen-bond donors (Lipinski definition) is 1. The Morgan fingerprint density at radius 1 is 0.931 bits per heavy atom. The largest absolute Gasteiger partial charge is 0.483 e. The van der Waals surface area contributed by atoms with Crippen LogP contribution in [0.3, 0.4) is 0 Å². The van der Waals surface area contributed by atoms with Gasteiger partial charge in [-0.15, -0.1) is 0 Å². The molecule has 1 N–H and O–H groups in total. The van der Waals surface area contributed by atoms with Crippen molar-refractivity contribution in [3.05, 3.63) is 95.0 Å². The minimum absolute atomic E-state index is 0.178. The monoisotopic (exact) mass is 408 g/mol. The van der Waals surface area contributed by atoms with Gasteiger partial charge in [-0.2, -0.15) is 0 Å². The number of nitrogens with one attached hydrogen (secondary N) is 1. The maximum Gasteiger partial charge on any atom is 0.262 e. The smallest absolute Gasteiger partial charge is 0.262 e. The summed E-state index contributed by atoms with van der Waals surface area (Å²) in [7, 11) is 1.74. The van der Waals surface area contributed by atoms with E-state index in [0.29, 0.717) is 28.6 Å². The number of para-hydroxylation sites is 1. The molecule has 2 amide bonds. The van der Waals surface area contributed by atoms with Crippen LogP contribution in [0.2, 0.25) is 5.02 Å². The Hall–Kier alpha value is -3.31. The maximum absolute atomic E-state index is 12.9. The molecular weight excluding hydrogens is 388 g/mol. The Kier molecular flexibility index (Phi) is 6.87. The van der Waals surface area contributed by atoms with Gasteiger partial charge in [-0.3, -0.25) is 9.59 Å². The van der Waals surface area contributed by atoms with Crippen LogP contribution < -0.4 is 10.1 Å². The van der Waals surface area contributed by atoms with Crippen molar-refractivity contribution in [2.24, 2.45) is 0 Å². The summed E-state index contributed by atoms with van der Waals surface area (Å²) in [5.74, 6) is -0.140. The molecule has 0 aliphatic rings. The topological polar surface area (TPSA) is 58.6 Å². The second kappa shape index (κ2) is 9.75. The highest BCUT2D eigenvalue weighted by Gasteiger charge is 2.17. The van der Waals surface area contributed by atoms with Gasteiger partial charge in [-0.05, 0) is 42.0 Å². The number of nitrogens with zero attached hydrogens (tertiary/aromatic N) is 1. The quantitative estimate of drug-likeness (QED) is 0.620. The molecule has 0 saturated carbocycles. The molecule has 5 nitrogen and oxygen atoms in total. The van der Waals surface area contributed by atoms with Gasteiger partial charge in [-0.1, -0.05) is 54.1 Å². The first-order valence-electron chi connectivity index (χ1n) is 9.09. The summed E-state index contributed by atoms with van der Waals surface area (Å²) in [6, 6.07) is 23.4. The molecule has 29 heavy (non-hydrogen) atoms. The van der Waals surface area contributed by atoms with E-state index in [9.17, 15) is 9.59 Å². The van der Waals surface area contributed by atoms with E-state index in [2.05, 4.69) is 5.32 Å². The lowest BCUT2D eigenvalue weighted by Gasteiger charge is -2.19. The van der Waals surface area contributed by atoms with Gasteiger partial charge in [-0.25, -0.2) is 0 Å². The van der Waals surface area contributed by atoms with Crippen LogP contribution in [0.5, 0.6) is 5.75 Å². The van der Waals surface area contributed by atoms with Crippen molar-refractivity contribution in [1.29, 1.82) is 0 Å². The fraction of sp³-hybridized carbons (Fsp3) is 0.130. The first kappa shape index (κ1) is 20.4. The second-order valence-corrected chi connectivity index (χ2v) is 6.92. The SMILES string of the molecule is CN(Cc1ccccc1)C(=O)c1ccccc1OCC(=O)Nc1ccc(Cl)cc1. The minimum atomic E-state index is -0.327. The molecule has 0 heterocycles. The van der Waals surface area contributed by atoms with Gasteiger partial charge < -0.3 is 15.0 Å². The van der Waals surface area contributed by atoms with Crippen LogP contribution in [-0.2, 0) is 11.3 Å². The van der Waals surface area contributed by atoms with Crippen LogP contribution >= 0.6 is 11.6 Å². The first-order chi connectivity index (χ1) is 14.0. The normalized spacial score (nSPS) is 10.3. The fourth-order valence-corrected chi connectivity index (χ4v) is 2.90. The Bertz CT molecular complexity index is 975. The molecule has 0 unspecified atom stereocenters. The number of rotatable bonds is 7. The van der Waals surface area contributed by atoms with E-state index >= 15 is 0 Å². The van der Waals surface area contributed by atoms with Crippen LogP contribution in [0.1, 0.15) is 15.9 Å². The second-order valence-electron chi connectivity index (χ2n) is 6.49. The average molecular weight is 409 g/mol.